The van der Waals surface area contributed by atoms with Gasteiger partial charge in [-0.3, -0.25) is 4.79 Å². The number of imidazole rings is 1. The second-order valence-electron chi connectivity index (χ2n) is 12.4. The molecule has 1 saturated carbocycles. The normalized spacial score (nSPS) is 22.5. The summed E-state index contributed by atoms with van der Waals surface area (Å²) in [6, 6.07) is 7.67. The molecule has 47 heavy (non-hydrogen) atoms. The Morgan fingerprint density at radius 3 is 2.70 bits per heavy atom. The van der Waals surface area contributed by atoms with Gasteiger partial charge in [-0.05, 0) is 63.3 Å². The number of para-hydroxylation sites is 1. The monoisotopic (exact) mass is 666 g/mol. The largest absolute Gasteiger partial charge is 0.374 e. The molecule has 3 heterocycles. The van der Waals surface area contributed by atoms with Gasteiger partial charge in [-0.1, -0.05) is 30.7 Å². The number of hydrogen-bond donors (Lipinski definition) is 3. The molecule has 0 bridgehead atoms. The third-order valence-electron chi connectivity index (χ3n) is 9.28. The number of allylic oxidation sites excluding steroid dienone is 3. The Morgan fingerprint density at radius 1 is 1.26 bits per heavy atom. The Kier molecular flexibility index (Phi) is 10.1. The van der Waals surface area contributed by atoms with Gasteiger partial charge in [0.05, 0.1) is 30.5 Å². The number of hydrogen-bond acceptors (Lipinski definition) is 7. The molecule has 2 aromatic heterocycles. The number of aliphatic hydroxyl groups excluding tert-OH is 1. The van der Waals surface area contributed by atoms with Gasteiger partial charge in [0.25, 0.3) is 5.91 Å². The lowest BCUT2D eigenvalue weighted by Gasteiger charge is -2.42. The van der Waals surface area contributed by atoms with Crippen molar-refractivity contribution in [2.75, 3.05) is 11.9 Å². The highest BCUT2D eigenvalue weighted by Gasteiger charge is 2.55. The first kappa shape index (κ1) is 34.2. The third kappa shape index (κ3) is 6.79. The predicted molar refractivity (Wildman–Crippen MR) is 176 cm³/mol. The maximum atomic E-state index is 15.3. The molecule has 4 atom stereocenters. The van der Waals surface area contributed by atoms with Crippen LogP contribution in [-0.4, -0.2) is 69.2 Å². The van der Waals surface area contributed by atoms with Crippen LogP contribution in [0, 0.1) is 11.3 Å². The Bertz CT molecular complexity index is 1740. The first-order valence-corrected chi connectivity index (χ1v) is 16.2. The average molecular weight is 667 g/mol. The molecule has 5 rings (SSSR count). The van der Waals surface area contributed by atoms with E-state index in [1.54, 1.807) is 38.2 Å². The van der Waals surface area contributed by atoms with E-state index < -0.39 is 46.6 Å². The number of pyridine rings is 1. The zero-order valence-electron chi connectivity index (χ0n) is 26.6. The van der Waals surface area contributed by atoms with E-state index in [0.29, 0.717) is 34.3 Å². The minimum atomic E-state index is -2.79. The lowest BCUT2D eigenvalue weighted by Crippen LogP contribution is -2.68. The Morgan fingerprint density at radius 2 is 2.00 bits per heavy atom. The van der Waals surface area contributed by atoms with Crippen LogP contribution < -0.4 is 14.7 Å². The SMILES string of the molecule is CCC=CC(Cl)=C(C)C(C(=O)NC1CCC(F)(F)CC1)[N+](C)(C(=O)C1CCC(O)N1c1cc(C#N)ccn1)c1cccc2[nH]cnc12. The summed E-state index contributed by atoms with van der Waals surface area (Å²) in [5.74, 6) is -3.53. The summed E-state index contributed by atoms with van der Waals surface area (Å²) in [4.78, 5) is 43.3. The van der Waals surface area contributed by atoms with E-state index >= 15 is 4.79 Å². The number of anilines is 1. The quantitative estimate of drug-likeness (QED) is 0.193. The van der Waals surface area contributed by atoms with Crippen LogP contribution in [0.5, 0.6) is 0 Å². The van der Waals surface area contributed by atoms with Crippen molar-refractivity contribution >= 4 is 46.0 Å². The van der Waals surface area contributed by atoms with E-state index in [2.05, 4.69) is 26.3 Å². The number of aromatic amines is 1. The molecule has 1 aromatic carbocycles. The van der Waals surface area contributed by atoms with E-state index in [9.17, 15) is 23.9 Å². The number of carbonyl (C=O) groups excluding carboxylic acids is 2. The number of halogens is 3. The molecular formula is C34H39ClF2N7O3+. The lowest BCUT2D eigenvalue weighted by atomic mass is 9.91. The molecule has 1 aliphatic heterocycles. The van der Waals surface area contributed by atoms with Gasteiger partial charge in [0.15, 0.2) is 5.69 Å². The number of nitriles is 1. The Labute approximate surface area is 277 Å². The summed E-state index contributed by atoms with van der Waals surface area (Å²) in [6.45, 7) is 3.63. The van der Waals surface area contributed by atoms with E-state index in [1.165, 1.54) is 29.6 Å². The van der Waals surface area contributed by atoms with Crippen LogP contribution in [-0.2, 0) is 9.59 Å². The van der Waals surface area contributed by atoms with Gasteiger partial charge in [-0.2, -0.15) is 5.26 Å². The number of H-pyrrole nitrogens is 1. The summed E-state index contributed by atoms with van der Waals surface area (Å²) in [5.41, 5.74) is 2.21. The fourth-order valence-electron chi connectivity index (χ4n) is 6.76. The summed E-state index contributed by atoms with van der Waals surface area (Å²) in [7, 11) is 1.63. The molecule has 0 radical (unpaired) electrons. The summed E-state index contributed by atoms with van der Waals surface area (Å²) < 4.78 is 27.4. The maximum Gasteiger partial charge on any atom is 0.342 e. The number of carbonyl (C=O) groups is 2. The highest BCUT2D eigenvalue weighted by atomic mass is 35.5. The van der Waals surface area contributed by atoms with Crippen LogP contribution in [0.15, 0.2) is 65.6 Å². The topological polar surface area (TPSA) is 135 Å². The second kappa shape index (κ2) is 13.9. The molecule has 2 amide bonds. The zero-order valence-corrected chi connectivity index (χ0v) is 27.3. The van der Waals surface area contributed by atoms with E-state index in [-0.39, 0.29) is 49.4 Å². The number of aliphatic hydroxyl groups is 1. The van der Waals surface area contributed by atoms with Crippen molar-refractivity contribution < 1.29 is 23.5 Å². The molecule has 13 heteroatoms. The van der Waals surface area contributed by atoms with Gasteiger partial charge in [-0.25, -0.2) is 28.0 Å². The number of likely N-dealkylation sites (N-methyl/N-ethyl adjacent to an activating group) is 1. The summed E-state index contributed by atoms with van der Waals surface area (Å²) >= 11 is 6.84. The number of nitrogens with zero attached hydrogens (tertiary/aromatic N) is 5. The van der Waals surface area contributed by atoms with Crippen LogP contribution in [0.3, 0.4) is 0 Å². The first-order valence-electron chi connectivity index (χ1n) is 15.8. The third-order valence-corrected chi connectivity index (χ3v) is 9.71. The number of fused-ring (bicyclic) bond motifs is 1. The summed E-state index contributed by atoms with van der Waals surface area (Å²) in [5, 5.41) is 23.9. The van der Waals surface area contributed by atoms with Crippen molar-refractivity contribution in [3.63, 3.8) is 0 Å². The Hall–Kier alpha value is -4.18. The molecule has 1 saturated heterocycles. The number of aromatic nitrogens is 3. The molecular weight excluding hydrogens is 628 g/mol. The fraction of sp³-hybridized carbons (Fsp3) is 0.441. The fourth-order valence-corrected chi connectivity index (χ4v) is 6.95. The van der Waals surface area contributed by atoms with Crippen LogP contribution >= 0.6 is 11.6 Å². The second-order valence-corrected chi connectivity index (χ2v) is 12.8. The van der Waals surface area contributed by atoms with Crippen molar-refractivity contribution in [2.24, 2.45) is 0 Å². The van der Waals surface area contributed by atoms with E-state index in [1.807, 2.05) is 13.0 Å². The summed E-state index contributed by atoms with van der Waals surface area (Å²) in [6.07, 6.45) is 6.03. The molecule has 3 aromatic rings. The molecule has 248 valence electrons. The Balaban J connectivity index is 1.69. The molecule has 0 spiro atoms. The van der Waals surface area contributed by atoms with Crippen LogP contribution in [0.4, 0.5) is 20.3 Å². The van der Waals surface area contributed by atoms with Crippen molar-refractivity contribution in [3.05, 3.63) is 71.2 Å². The van der Waals surface area contributed by atoms with E-state index in [0.717, 1.165) is 0 Å². The van der Waals surface area contributed by atoms with Crippen molar-refractivity contribution in [2.45, 2.75) is 89.1 Å². The van der Waals surface area contributed by atoms with Crippen LogP contribution in [0.1, 0.15) is 64.4 Å². The standard InChI is InChI=1S/C34H38ClF2N7O3/c1-4-5-7-24(35)21(2)31(32(46)42-23-12-15-34(36,37)16-13-23)44(3,27-9-6-8-25-30(27)41-20-40-25)33(47)26-10-11-29(45)43(26)28-18-22(19-38)14-17-39-28/h5-9,14,17-18,20,23,26,29,31,45H,4,10-13,15-16H2,1-3H3,(H-,40,41,42,46)/p+1. The van der Waals surface area contributed by atoms with E-state index in [4.69, 9.17) is 11.6 Å². The highest BCUT2D eigenvalue weighted by molar-refractivity contribution is 6.32. The average Bonchev–Trinajstić information content (AvgIpc) is 3.70. The number of nitrogens with one attached hydrogen (secondary N) is 2. The molecule has 4 unspecified atom stereocenters. The molecule has 2 aliphatic rings. The van der Waals surface area contributed by atoms with Gasteiger partial charge in [0.1, 0.15) is 23.6 Å². The van der Waals surface area contributed by atoms with Gasteiger partial charge < -0.3 is 20.3 Å². The van der Waals surface area contributed by atoms with Crippen LogP contribution in [0.25, 0.3) is 11.0 Å². The minimum Gasteiger partial charge on any atom is -0.374 e. The van der Waals surface area contributed by atoms with Crippen molar-refractivity contribution in [1.82, 2.24) is 24.8 Å². The molecule has 2 fully saturated rings. The number of benzene rings is 1. The zero-order chi connectivity index (χ0) is 33.9. The van der Waals surface area contributed by atoms with Gasteiger partial charge in [0.2, 0.25) is 12.0 Å². The number of amides is 2. The van der Waals surface area contributed by atoms with Crippen LogP contribution in [0.2, 0.25) is 0 Å². The smallest absolute Gasteiger partial charge is 0.342 e. The number of rotatable bonds is 9. The number of alkyl halides is 2. The highest BCUT2D eigenvalue weighted by Crippen LogP contribution is 2.40. The maximum absolute atomic E-state index is 15.3. The first-order chi connectivity index (χ1) is 22.4. The van der Waals surface area contributed by atoms with Crippen molar-refractivity contribution in [3.8, 4) is 6.07 Å². The lowest BCUT2D eigenvalue weighted by molar-refractivity contribution is -0.138. The number of quaternary nitrogens is 1. The van der Waals surface area contributed by atoms with Gasteiger partial charge >= 0.3 is 5.91 Å². The molecule has 3 N–H and O–H groups in total. The molecule has 10 nitrogen and oxygen atoms in total. The predicted octanol–water partition coefficient (Wildman–Crippen LogP) is 5.82. The van der Waals surface area contributed by atoms with Gasteiger partial charge in [-0.15, -0.1) is 0 Å². The minimum absolute atomic E-state index is 0.0911. The van der Waals surface area contributed by atoms with Crippen molar-refractivity contribution in [1.29, 1.82) is 5.26 Å². The molecule has 1 aliphatic carbocycles. The van der Waals surface area contributed by atoms with Gasteiger partial charge in [0, 0.05) is 41.8 Å².